The van der Waals surface area contributed by atoms with E-state index in [4.69, 9.17) is 0 Å². The molecule has 0 fully saturated rings. The van der Waals surface area contributed by atoms with E-state index in [-0.39, 0.29) is 104 Å². The molecule has 2 radical (unpaired) electrons. The second-order valence-electron chi connectivity index (χ2n) is 0. The summed E-state index contributed by atoms with van der Waals surface area (Å²) >= 11 is 0. The van der Waals surface area contributed by atoms with Crippen molar-refractivity contribution >= 4 is 0 Å². The van der Waals surface area contributed by atoms with Crippen LogP contribution in [0, 0.1) is 14.9 Å². The van der Waals surface area contributed by atoms with Crippen molar-refractivity contribution in [1.82, 2.24) is 0 Å². The Labute approximate surface area is 104 Å². The van der Waals surface area contributed by atoms with Gasteiger partial charge in [-0.2, -0.15) is 0 Å². The largest absolute Gasteiger partial charge is 5.00 e. The van der Waals surface area contributed by atoms with Crippen LogP contribution in [0.1, 0.15) is 0 Å². The fourth-order valence-electron chi connectivity index (χ4n) is 0. The second-order valence-corrected chi connectivity index (χ2v) is 0. The van der Waals surface area contributed by atoms with Crippen LogP contribution in [0.25, 0.3) is 49.2 Å². The van der Waals surface area contributed by atoms with Crippen LogP contribution < -0.4 is 0 Å². The minimum Gasteiger partial charge on any atom is -0.693 e. The summed E-state index contributed by atoms with van der Waals surface area (Å²) < 4.78 is 0. The van der Waals surface area contributed by atoms with E-state index in [9.17, 15) is 0 Å². The van der Waals surface area contributed by atoms with E-state index in [1.54, 1.807) is 0 Å². The van der Waals surface area contributed by atoms with Crippen molar-refractivity contribution in [1.29, 1.82) is 0 Å². The van der Waals surface area contributed by atoms with E-state index in [0.29, 0.717) is 0 Å². The van der Waals surface area contributed by atoms with Gasteiger partial charge in [0.05, 0.1) is 0 Å². The summed E-state index contributed by atoms with van der Waals surface area (Å²) in [7, 11) is 0. The molecule has 0 heterocycles. The predicted octanol–water partition coefficient (Wildman–Crippen LogP) is 5.81. The van der Waals surface area contributed by atoms with Crippen molar-refractivity contribution in [2.75, 3.05) is 0 Å². The Morgan fingerprint density at radius 3 is 0.308 bits per heavy atom. The van der Waals surface area contributed by atoms with Crippen LogP contribution >= 0.6 is 0 Å². The first-order chi connectivity index (χ1) is 0. The summed E-state index contributed by atoms with van der Waals surface area (Å²) in [6.07, 6.45) is 0. The van der Waals surface area contributed by atoms with Crippen LogP contribution in [0.2, 0.25) is 0 Å². The van der Waals surface area contributed by atoms with Gasteiger partial charge < -0.3 is 69.5 Å². The molecule has 0 aliphatic heterocycles. The molecule has 0 aliphatic carbocycles. The number of rotatable bonds is 0. The molecule has 0 aromatic heterocycles. The van der Waals surface area contributed by atoms with Crippen molar-refractivity contribution in [3.8, 4) is 0 Å². The normalized spacial score (nSPS) is 0. The Balaban J connectivity index is 0. The monoisotopic (exact) mass is 288 g/mol. The van der Waals surface area contributed by atoms with Gasteiger partial charge in [-0.3, -0.25) is 0 Å². The van der Waals surface area contributed by atoms with Gasteiger partial charge in [0.25, 0.3) is 0 Å². The van der Waals surface area contributed by atoms with E-state index in [0.717, 1.165) is 0 Å². The molecule has 0 aliphatic rings. The molecule has 18 N–H and O–H groups in total. The molecule has 94 valence electrons. The standard InChI is InChI=1S/2CH3.2Fe.8H2N.H2O/h2*1H3;;;9*1H2/q2*-1;2*+5;8*-1;. The predicted molar refractivity (Wildman–Crippen MR) is 58.7 cm³/mol. The summed E-state index contributed by atoms with van der Waals surface area (Å²) in [6, 6.07) is 0. The molecule has 0 saturated carbocycles. The fraction of sp³-hybridized carbons (Fsp3) is 0. The van der Waals surface area contributed by atoms with E-state index in [1.807, 2.05) is 0 Å². The molecule has 11 heteroatoms. The third-order valence-corrected chi connectivity index (χ3v) is 0. The first-order valence-electron chi connectivity index (χ1n) is 0. The third-order valence-electron chi connectivity index (χ3n) is 0. The van der Waals surface area contributed by atoms with Crippen LogP contribution in [-0.4, -0.2) is 5.48 Å². The topological polar surface area (TPSA) is 300 Å². The van der Waals surface area contributed by atoms with Crippen molar-refractivity contribution in [3.05, 3.63) is 64.1 Å². The molecular weight excluding hydrogens is 264 g/mol. The van der Waals surface area contributed by atoms with E-state index >= 15 is 0 Å². The molecule has 0 bridgehead atoms. The summed E-state index contributed by atoms with van der Waals surface area (Å²) in [5.74, 6) is 0. The van der Waals surface area contributed by atoms with Gasteiger partial charge in [0.2, 0.25) is 0 Å². The maximum atomic E-state index is 0. The Morgan fingerprint density at radius 2 is 0.308 bits per heavy atom. The number of hydrogen-bond donors (Lipinski definition) is 0. The average molecular weight is 288 g/mol. The van der Waals surface area contributed by atoms with Crippen LogP contribution in [0.5, 0.6) is 0 Å². The molecule has 0 aromatic carbocycles. The molecule has 0 aromatic rings. The van der Waals surface area contributed by atoms with Crippen LogP contribution in [0.15, 0.2) is 0 Å². The van der Waals surface area contributed by atoms with Crippen molar-refractivity contribution in [2.45, 2.75) is 0 Å². The van der Waals surface area contributed by atoms with Crippen molar-refractivity contribution in [2.24, 2.45) is 0 Å². The Kier molecular flexibility index (Phi) is 1380000. The summed E-state index contributed by atoms with van der Waals surface area (Å²) in [5.41, 5.74) is 0. The molecule has 0 spiro atoms. The Morgan fingerprint density at radius 1 is 0.308 bits per heavy atom. The maximum Gasteiger partial charge on any atom is 5.00 e. The van der Waals surface area contributed by atoms with Gasteiger partial charge in [0, 0.05) is 0 Å². The zero-order valence-electron chi connectivity index (χ0n) is 7.83. The van der Waals surface area contributed by atoms with Crippen LogP contribution in [0.4, 0.5) is 0 Å². The van der Waals surface area contributed by atoms with Crippen LogP contribution in [-0.2, 0) is 34.1 Å². The van der Waals surface area contributed by atoms with Gasteiger partial charge >= 0.3 is 34.1 Å². The fourth-order valence-corrected chi connectivity index (χ4v) is 0. The van der Waals surface area contributed by atoms with E-state index in [1.165, 1.54) is 0 Å². The van der Waals surface area contributed by atoms with Gasteiger partial charge in [-0.1, -0.05) is 0 Å². The minimum atomic E-state index is 0. The smallest absolute Gasteiger partial charge is 0.693 e. The van der Waals surface area contributed by atoms with Crippen molar-refractivity contribution in [3.63, 3.8) is 0 Å². The quantitative estimate of drug-likeness (QED) is 0.375. The Bertz CT molecular complexity index is 20.1. The molecular formula is C2H24Fe2N8O. The van der Waals surface area contributed by atoms with Crippen molar-refractivity contribution < 1.29 is 39.6 Å². The average Bonchev–Trinajstić information content (AvgIpc) is 0. The second kappa shape index (κ2) is 3750. The first kappa shape index (κ1) is 4770. The van der Waals surface area contributed by atoms with Crippen LogP contribution in [0.3, 0.4) is 0 Å². The summed E-state index contributed by atoms with van der Waals surface area (Å²) in [5, 5.41) is 0. The summed E-state index contributed by atoms with van der Waals surface area (Å²) in [6.45, 7) is 0. The summed E-state index contributed by atoms with van der Waals surface area (Å²) in [4.78, 5) is 0. The van der Waals surface area contributed by atoms with E-state index < -0.39 is 0 Å². The zero-order valence-corrected chi connectivity index (χ0v) is 10.0. The molecule has 0 rings (SSSR count). The van der Waals surface area contributed by atoms with Gasteiger partial charge in [0.15, 0.2) is 0 Å². The maximum absolute atomic E-state index is 0. The molecule has 0 amide bonds. The minimum absolute atomic E-state index is 0. The number of hydrogen-bond acceptors (Lipinski definition) is 0. The molecule has 0 atom stereocenters. The number of nitrogens with two attached hydrogens (primary N) is 8. The van der Waals surface area contributed by atoms with Gasteiger partial charge in [0.1, 0.15) is 0 Å². The molecule has 13 heavy (non-hydrogen) atoms. The Hall–Kier alpha value is 0.679. The first-order valence-corrected chi connectivity index (χ1v) is 0. The molecule has 0 unspecified atom stereocenters. The molecule has 9 nitrogen and oxygen atoms in total. The van der Waals surface area contributed by atoms with Gasteiger partial charge in [-0.05, 0) is 0 Å². The van der Waals surface area contributed by atoms with Gasteiger partial charge in [-0.25, -0.2) is 0 Å². The van der Waals surface area contributed by atoms with E-state index in [2.05, 4.69) is 0 Å². The zero-order chi connectivity index (χ0) is 0. The third kappa shape index (κ3) is 3140. The SMILES string of the molecule is O.[CH3-].[CH3-].[Fe+5].[Fe+5].[NH2-].[NH2-].[NH2-].[NH2-].[NH2-].[NH2-].[NH2-].[NH2-]. The van der Waals surface area contributed by atoms with Gasteiger partial charge in [-0.15, -0.1) is 0 Å². The molecule has 0 saturated heterocycles.